The van der Waals surface area contributed by atoms with Gasteiger partial charge in [0, 0.05) is 19.5 Å². The Morgan fingerprint density at radius 1 is 1.47 bits per heavy atom. The highest BCUT2D eigenvalue weighted by molar-refractivity contribution is 5.77. The Balaban J connectivity index is 1.95. The van der Waals surface area contributed by atoms with Gasteiger partial charge in [0.15, 0.2) is 0 Å². The van der Waals surface area contributed by atoms with Gasteiger partial charge in [0.05, 0.1) is 6.04 Å². The Labute approximate surface area is 113 Å². The molecule has 4 heteroatoms. The van der Waals surface area contributed by atoms with Gasteiger partial charge in [-0.05, 0) is 44.0 Å². The molecule has 0 aromatic heterocycles. The van der Waals surface area contributed by atoms with Crippen LogP contribution in [0.15, 0.2) is 24.3 Å². The number of carbonyl (C=O) groups is 1. The highest BCUT2D eigenvalue weighted by atomic mass is 19.1. The van der Waals surface area contributed by atoms with Crippen LogP contribution in [0.25, 0.3) is 0 Å². The first-order valence-corrected chi connectivity index (χ1v) is 6.82. The molecule has 3 nitrogen and oxygen atoms in total. The Kier molecular flexibility index (Phi) is 4.53. The van der Waals surface area contributed by atoms with Crippen LogP contribution in [-0.4, -0.2) is 30.4 Å². The van der Waals surface area contributed by atoms with Crippen LogP contribution in [0.1, 0.15) is 37.8 Å². The first-order chi connectivity index (χ1) is 9.08. The molecule has 0 spiro atoms. The van der Waals surface area contributed by atoms with Gasteiger partial charge in [-0.1, -0.05) is 12.1 Å². The Hall–Kier alpha value is -1.42. The topological polar surface area (TPSA) is 32.3 Å². The molecular weight excluding hydrogens is 243 g/mol. The average Bonchev–Trinajstić information content (AvgIpc) is 2.90. The summed E-state index contributed by atoms with van der Waals surface area (Å²) in [6.45, 7) is 2.97. The van der Waals surface area contributed by atoms with E-state index in [1.165, 1.54) is 12.1 Å². The average molecular weight is 264 g/mol. The summed E-state index contributed by atoms with van der Waals surface area (Å²) in [5.74, 6) is -0.115. The van der Waals surface area contributed by atoms with E-state index in [-0.39, 0.29) is 17.8 Å². The second kappa shape index (κ2) is 6.15. The van der Waals surface area contributed by atoms with Crippen LogP contribution in [0.4, 0.5) is 4.39 Å². The van der Waals surface area contributed by atoms with Gasteiger partial charge in [0.25, 0.3) is 0 Å². The van der Waals surface area contributed by atoms with Crippen molar-refractivity contribution in [3.05, 3.63) is 35.6 Å². The van der Waals surface area contributed by atoms with Crippen molar-refractivity contribution in [1.29, 1.82) is 0 Å². The van der Waals surface area contributed by atoms with E-state index in [9.17, 15) is 9.18 Å². The zero-order valence-electron chi connectivity index (χ0n) is 11.5. The predicted octanol–water partition coefficient (Wildman–Crippen LogP) is 2.49. The molecule has 1 aromatic rings. The second-order valence-electron chi connectivity index (χ2n) is 5.23. The summed E-state index contributed by atoms with van der Waals surface area (Å²) in [6.07, 6.45) is 2.77. The molecule has 0 bridgehead atoms. The predicted molar refractivity (Wildman–Crippen MR) is 73.2 cm³/mol. The zero-order valence-corrected chi connectivity index (χ0v) is 11.5. The maximum absolute atomic E-state index is 12.9. The maximum atomic E-state index is 12.9. The van der Waals surface area contributed by atoms with Crippen LogP contribution in [-0.2, 0) is 4.79 Å². The van der Waals surface area contributed by atoms with Crippen molar-refractivity contribution in [2.75, 3.05) is 13.6 Å². The maximum Gasteiger partial charge on any atom is 0.224 e. The number of rotatable bonds is 4. The number of nitrogens with one attached hydrogen (secondary N) is 1. The van der Waals surface area contributed by atoms with Crippen LogP contribution >= 0.6 is 0 Å². The summed E-state index contributed by atoms with van der Waals surface area (Å²) in [4.78, 5) is 13.9. The van der Waals surface area contributed by atoms with Gasteiger partial charge in [0.1, 0.15) is 5.82 Å². The minimum atomic E-state index is -0.250. The largest absolute Gasteiger partial charge is 0.339 e. The first kappa shape index (κ1) is 14.0. The molecule has 2 unspecified atom stereocenters. The number of benzene rings is 1. The smallest absolute Gasteiger partial charge is 0.224 e. The van der Waals surface area contributed by atoms with Crippen LogP contribution in [0, 0.1) is 5.82 Å². The monoisotopic (exact) mass is 264 g/mol. The molecule has 1 heterocycles. The fourth-order valence-corrected chi connectivity index (χ4v) is 2.47. The molecule has 19 heavy (non-hydrogen) atoms. The molecule has 2 rings (SSSR count). The normalized spacial score (nSPS) is 20.3. The van der Waals surface area contributed by atoms with Gasteiger partial charge in [-0.15, -0.1) is 0 Å². The molecule has 1 aliphatic rings. The summed E-state index contributed by atoms with van der Waals surface area (Å²) >= 11 is 0. The van der Waals surface area contributed by atoms with Crippen molar-refractivity contribution in [2.45, 2.75) is 38.3 Å². The third-order valence-electron chi connectivity index (χ3n) is 3.91. The third-order valence-corrected chi connectivity index (χ3v) is 3.91. The molecule has 0 saturated carbocycles. The van der Waals surface area contributed by atoms with Crippen molar-refractivity contribution in [3.8, 4) is 0 Å². The lowest BCUT2D eigenvalue weighted by Gasteiger charge is -2.26. The van der Waals surface area contributed by atoms with Crippen LogP contribution in [0.2, 0.25) is 0 Å². The molecule has 1 amide bonds. The zero-order chi connectivity index (χ0) is 13.8. The highest BCUT2D eigenvalue weighted by Gasteiger charge is 2.22. The number of carbonyl (C=O) groups excluding carboxylic acids is 1. The number of hydrogen-bond donors (Lipinski definition) is 1. The highest BCUT2D eigenvalue weighted by Crippen LogP contribution is 2.21. The lowest BCUT2D eigenvalue weighted by molar-refractivity contribution is -0.132. The van der Waals surface area contributed by atoms with Gasteiger partial charge >= 0.3 is 0 Å². The number of nitrogens with zero attached hydrogens (tertiary/aromatic N) is 1. The van der Waals surface area contributed by atoms with E-state index in [4.69, 9.17) is 0 Å². The minimum absolute atomic E-state index is 0.0329. The van der Waals surface area contributed by atoms with Crippen molar-refractivity contribution in [3.63, 3.8) is 0 Å². The molecule has 1 N–H and O–H groups in total. The summed E-state index contributed by atoms with van der Waals surface area (Å²) in [5.41, 5.74) is 0.955. The molecule has 1 saturated heterocycles. The summed E-state index contributed by atoms with van der Waals surface area (Å²) in [5, 5.41) is 3.33. The number of halogens is 1. The van der Waals surface area contributed by atoms with Crippen LogP contribution in [0.3, 0.4) is 0 Å². The molecular formula is C15H21FN2O. The van der Waals surface area contributed by atoms with E-state index in [1.807, 2.05) is 14.0 Å². The summed E-state index contributed by atoms with van der Waals surface area (Å²) in [7, 11) is 1.81. The fourth-order valence-electron chi connectivity index (χ4n) is 2.47. The lowest BCUT2D eigenvalue weighted by atomic mass is 10.1. The number of amides is 1. The Morgan fingerprint density at radius 2 is 2.16 bits per heavy atom. The SMILES string of the molecule is CC(c1ccc(F)cc1)N(C)C(=O)CC1CCCN1. The molecule has 0 aliphatic carbocycles. The summed E-state index contributed by atoms with van der Waals surface area (Å²) < 4.78 is 12.9. The molecule has 1 aliphatic heterocycles. The van der Waals surface area contributed by atoms with Crippen molar-refractivity contribution in [2.24, 2.45) is 0 Å². The molecule has 0 radical (unpaired) electrons. The van der Waals surface area contributed by atoms with E-state index in [1.54, 1.807) is 17.0 Å². The van der Waals surface area contributed by atoms with Crippen LogP contribution < -0.4 is 5.32 Å². The van der Waals surface area contributed by atoms with E-state index in [0.717, 1.165) is 24.9 Å². The standard InChI is InChI=1S/C15H21FN2O/c1-11(12-5-7-13(16)8-6-12)18(2)15(19)10-14-4-3-9-17-14/h5-8,11,14,17H,3-4,9-10H2,1-2H3. The molecule has 1 fully saturated rings. The van der Waals surface area contributed by atoms with Gasteiger partial charge in [-0.25, -0.2) is 4.39 Å². The molecule has 2 atom stereocenters. The van der Waals surface area contributed by atoms with E-state index < -0.39 is 0 Å². The summed E-state index contributed by atoms with van der Waals surface area (Å²) in [6, 6.07) is 6.62. The van der Waals surface area contributed by atoms with Crippen LogP contribution in [0.5, 0.6) is 0 Å². The van der Waals surface area contributed by atoms with E-state index in [0.29, 0.717) is 12.5 Å². The van der Waals surface area contributed by atoms with Crippen molar-refractivity contribution < 1.29 is 9.18 Å². The quantitative estimate of drug-likeness (QED) is 0.906. The van der Waals surface area contributed by atoms with Gasteiger partial charge < -0.3 is 10.2 Å². The lowest BCUT2D eigenvalue weighted by Crippen LogP contribution is -2.34. The van der Waals surface area contributed by atoms with Crippen molar-refractivity contribution in [1.82, 2.24) is 10.2 Å². The third kappa shape index (κ3) is 3.53. The molecule has 104 valence electrons. The van der Waals surface area contributed by atoms with Crippen molar-refractivity contribution >= 4 is 5.91 Å². The van der Waals surface area contributed by atoms with Gasteiger partial charge in [-0.2, -0.15) is 0 Å². The molecule has 1 aromatic carbocycles. The second-order valence-corrected chi connectivity index (χ2v) is 5.23. The van der Waals surface area contributed by atoms with E-state index in [2.05, 4.69) is 5.32 Å². The Morgan fingerprint density at radius 3 is 2.74 bits per heavy atom. The first-order valence-electron chi connectivity index (χ1n) is 6.82. The van der Waals surface area contributed by atoms with Gasteiger partial charge in [0.2, 0.25) is 5.91 Å². The number of hydrogen-bond acceptors (Lipinski definition) is 2. The Bertz CT molecular complexity index is 426. The van der Waals surface area contributed by atoms with E-state index >= 15 is 0 Å². The minimum Gasteiger partial charge on any atom is -0.339 e. The van der Waals surface area contributed by atoms with Gasteiger partial charge in [-0.3, -0.25) is 4.79 Å². The fraction of sp³-hybridized carbons (Fsp3) is 0.533.